The van der Waals surface area contributed by atoms with Gasteiger partial charge in [-0.25, -0.2) is 13.1 Å². The Morgan fingerprint density at radius 3 is 2.39 bits per heavy atom. The number of sulfonamides is 1. The number of hydrogen-bond donors (Lipinski definition) is 0. The molecule has 9 nitrogen and oxygen atoms in total. The molecule has 2 fully saturated rings. The van der Waals surface area contributed by atoms with Crippen molar-refractivity contribution in [3.05, 3.63) is 64.9 Å². The summed E-state index contributed by atoms with van der Waals surface area (Å²) in [5, 5.41) is 4.97. The molecule has 2 aliphatic heterocycles. The summed E-state index contributed by atoms with van der Waals surface area (Å²) in [7, 11) is -3.65. The van der Waals surface area contributed by atoms with E-state index in [4.69, 9.17) is 26.8 Å². The Bertz CT molecular complexity index is 1410. The molecule has 2 aliphatic rings. The first-order chi connectivity index (χ1) is 18.2. The second kappa shape index (κ2) is 11.4. The van der Waals surface area contributed by atoms with E-state index in [0.29, 0.717) is 49.1 Å². The fraction of sp³-hybridized carbons (Fsp3) is 0.481. The molecule has 2 aromatic carbocycles. The van der Waals surface area contributed by atoms with Gasteiger partial charge in [0.15, 0.2) is 10.6 Å². The zero-order chi connectivity index (χ0) is 26.9. The Morgan fingerprint density at radius 2 is 1.71 bits per heavy atom. The Morgan fingerprint density at radius 1 is 1.03 bits per heavy atom. The fourth-order valence-corrected chi connectivity index (χ4v) is 7.06. The van der Waals surface area contributed by atoms with Crippen LogP contribution >= 0.6 is 12.2 Å². The smallest absolute Gasteiger partial charge is 0.243 e. The Balaban J connectivity index is 1.56. The minimum Gasteiger partial charge on any atom is -0.379 e. The molecule has 0 radical (unpaired) electrons. The van der Waals surface area contributed by atoms with Crippen molar-refractivity contribution in [1.82, 2.24) is 23.6 Å². The molecule has 11 heteroatoms. The average molecular weight is 558 g/mol. The quantitative estimate of drug-likeness (QED) is 0.409. The highest BCUT2D eigenvalue weighted by molar-refractivity contribution is 7.89. The van der Waals surface area contributed by atoms with Gasteiger partial charge >= 0.3 is 0 Å². The van der Waals surface area contributed by atoms with Crippen LogP contribution in [0.4, 0.5) is 0 Å². The maximum atomic E-state index is 13.4. The van der Waals surface area contributed by atoms with Crippen LogP contribution in [0.2, 0.25) is 0 Å². The predicted molar refractivity (Wildman–Crippen MR) is 148 cm³/mol. The third-order valence-electron chi connectivity index (χ3n) is 7.07. The fourth-order valence-electron chi connectivity index (χ4n) is 5.26. The first-order valence-electron chi connectivity index (χ1n) is 13.0. The van der Waals surface area contributed by atoms with Gasteiger partial charge in [-0.05, 0) is 50.7 Å². The van der Waals surface area contributed by atoms with E-state index in [1.807, 2.05) is 33.5 Å². The summed E-state index contributed by atoms with van der Waals surface area (Å²) < 4.78 is 44.0. The molecule has 0 aliphatic carbocycles. The van der Waals surface area contributed by atoms with E-state index in [0.717, 1.165) is 18.7 Å². The highest BCUT2D eigenvalue weighted by Gasteiger charge is 2.28. The summed E-state index contributed by atoms with van der Waals surface area (Å²) >= 11 is 5.99. The molecule has 0 spiro atoms. The molecular weight excluding hydrogens is 522 g/mol. The Hall–Kier alpha value is -2.41. The average Bonchev–Trinajstić information content (AvgIpc) is 3.24. The van der Waals surface area contributed by atoms with E-state index in [2.05, 4.69) is 37.8 Å². The van der Waals surface area contributed by atoms with Gasteiger partial charge in [-0.2, -0.15) is 9.40 Å². The first kappa shape index (κ1) is 27.2. The van der Waals surface area contributed by atoms with E-state index in [1.54, 1.807) is 18.2 Å². The second-order valence-corrected chi connectivity index (χ2v) is 12.3. The predicted octanol–water partition coefficient (Wildman–Crippen LogP) is 3.78. The number of ether oxygens (including phenoxy) is 2. The first-order valence-corrected chi connectivity index (χ1v) is 14.9. The van der Waals surface area contributed by atoms with Gasteiger partial charge in [0.05, 0.1) is 43.0 Å². The molecule has 38 heavy (non-hydrogen) atoms. The van der Waals surface area contributed by atoms with Gasteiger partial charge in [0.1, 0.15) is 0 Å². The van der Waals surface area contributed by atoms with Gasteiger partial charge in [0, 0.05) is 31.7 Å². The van der Waals surface area contributed by atoms with Crippen LogP contribution in [0, 0.1) is 4.77 Å². The van der Waals surface area contributed by atoms with E-state index >= 15 is 0 Å². The molecule has 2 saturated heterocycles. The second-order valence-electron chi connectivity index (χ2n) is 10.0. The highest BCUT2D eigenvalue weighted by atomic mass is 32.2. The van der Waals surface area contributed by atoms with Crippen LogP contribution in [0.3, 0.4) is 0 Å². The monoisotopic (exact) mass is 557 g/mol. The van der Waals surface area contributed by atoms with Crippen molar-refractivity contribution in [2.24, 2.45) is 0 Å². The van der Waals surface area contributed by atoms with Gasteiger partial charge in [-0.3, -0.25) is 9.47 Å². The molecule has 0 saturated carbocycles. The molecular formula is C27H35N5O4S2. The maximum absolute atomic E-state index is 13.4. The Labute approximate surface area is 229 Å². The van der Waals surface area contributed by atoms with E-state index in [9.17, 15) is 8.42 Å². The number of morpholine rings is 2. The minimum atomic E-state index is -3.65. The van der Waals surface area contributed by atoms with Crippen LogP contribution < -0.4 is 0 Å². The van der Waals surface area contributed by atoms with Gasteiger partial charge in [-0.15, -0.1) is 0 Å². The van der Waals surface area contributed by atoms with Crippen molar-refractivity contribution >= 4 is 22.2 Å². The van der Waals surface area contributed by atoms with Crippen LogP contribution in [-0.2, 0) is 26.2 Å². The molecule has 204 valence electrons. The van der Waals surface area contributed by atoms with E-state index < -0.39 is 10.0 Å². The molecule has 0 bridgehead atoms. The van der Waals surface area contributed by atoms with Crippen LogP contribution in [-0.4, -0.2) is 83.6 Å². The van der Waals surface area contributed by atoms with Gasteiger partial charge < -0.3 is 9.47 Å². The number of aromatic nitrogens is 3. The van der Waals surface area contributed by atoms with E-state index in [-0.39, 0.29) is 23.1 Å². The summed E-state index contributed by atoms with van der Waals surface area (Å²) in [6.45, 7) is 9.83. The summed E-state index contributed by atoms with van der Waals surface area (Å²) in [4.78, 5) is 2.54. The third kappa shape index (κ3) is 5.63. The summed E-state index contributed by atoms with van der Waals surface area (Å²) in [5.74, 6) is 0.639. The molecule has 3 aromatic rings. The maximum Gasteiger partial charge on any atom is 0.243 e. The molecule has 5 rings (SSSR count). The summed E-state index contributed by atoms with van der Waals surface area (Å²) in [6, 6.07) is 17.0. The summed E-state index contributed by atoms with van der Waals surface area (Å²) in [5.41, 5.74) is 1.80. The molecule has 0 amide bonds. The van der Waals surface area contributed by atoms with E-state index in [1.165, 1.54) is 4.31 Å². The normalized spacial score (nSPS) is 22.4. The molecule has 3 heterocycles. The highest BCUT2D eigenvalue weighted by Crippen LogP contribution is 2.29. The van der Waals surface area contributed by atoms with Crippen LogP contribution in [0.15, 0.2) is 59.5 Å². The lowest BCUT2D eigenvalue weighted by Gasteiger charge is -2.34. The lowest BCUT2D eigenvalue weighted by Crippen LogP contribution is -2.46. The minimum absolute atomic E-state index is 0.102. The molecule has 3 atom stereocenters. The van der Waals surface area contributed by atoms with Crippen molar-refractivity contribution < 1.29 is 17.9 Å². The van der Waals surface area contributed by atoms with Crippen molar-refractivity contribution in [3.8, 4) is 11.4 Å². The van der Waals surface area contributed by atoms with Crippen molar-refractivity contribution in [2.45, 2.75) is 50.6 Å². The standard InChI is InChI=1S/C27H35N5O4S2/c1-20-17-29(18-21(2)36-20)19-31-27(37)32(22(3)23-8-5-4-6-9-23)26(28-31)24-10-7-11-25(16-24)38(33,34)30-12-14-35-15-13-30/h4-11,16,20-22H,12-15,17-19H2,1-3H3/t20-,21-,22-/m0/s1. The molecule has 0 unspecified atom stereocenters. The van der Waals surface area contributed by atoms with Gasteiger partial charge in [-0.1, -0.05) is 42.5 Å². The SMILES string of the molecule is C[C@H]1CN(Cn2nc(-c3cccc(S(=O)(=O)N4CCOCC4)c3)n([C@@H](C)c3ccccc3)c2=S)C[C@H](C)O1. The molecule has 1 aromatic heterocycles. The van der Waals surface area contributed by atoms with Crippen LogP contribution in [0.1, 0.15) is 32.4 Å². The van der Waals surface area contributed by atoms with Gasteiger partial charge in [0.25, 0.3) is 0 Å². The Kier molecular flexibility index (Phi) is 8.13. The van der Waals surface area contributed by atoms with Crippen molar-refractivity contribution in [2.75, 3.05) is 39.4 Å². The largest absolute Gasteiger partial charge is 0.379 e. The topological polar surface area (TPSA) is 81.8 Å². The number of rotatable bonds is 7. The van der Waals surface area contributed by atoms with Gasteiger partial charge in [0.2, 0.25) is 10.0 Å². The number of hydrogen-bond acceptors (Lipinski definition) is 7. The zero-order valence-corrected chi connectivity index (χ0v) is 23.7. The van der Waals surface area contributed by atoms with Crippen molar-refractivity contribution in [1.29, 1.82) is 0 Å². The number of benzene rings is 2. The number of nitrogens with zero attached hydrogens (tertiary/aromatic N) is 5. The molecule has 0 N–H and O–H groups in total. The zero-order valence-electron chi connectivity index (χ0n) is 22.1. The third-order valence-corrected chi connectivity index (χ3v) is 9.37. The lowest BCUT2D eigenvalue weighted by molar-refractivity contribution is -0.0777. The van der Waals surface area contributed by atoms with Crippen LogP contribution in [0.25, 0.3) is 11.4 Å². The summed E-state index contributed by atoms with van der Waals surface area (Å²) in [6.07, 6.45) is 0.250. The van der Waals surface area contributed by atoms with Crippen LogP contribution in [0.5, 0.6) is 0 Å². The van der Waals surface area contributed by atoms with Crippen molar-refractivity contribution in [3.63, 3.8) is 0 Å². The lowest BCUT2D eigenvalue weighted by atomic mass is 10.1.